The normalized spacial score (nSPS) is 11.8. The van der Waals surface area contributed by atoms with Crippen molar-refractivity contribution in [3.63, 3.8) is 0 Å². The first-order valence-corrected chi connectivity index (χ1v) is 7.53. The van der Waals surface area contributed by atoms with Gasteiger partial charge in [0.25, 0.3) is 0 Å². The lowest BCUT2D eigenvalue weighted by Crippen LogP contribution is -2.32. The molecule has 0 fully saturated rings. The number of amides is 2. The van der Waals surface area contributed by atoms with Crippen LogP contribution in [0.2, 0.25) is 0 Å². The van der Waals surface area contributed by atoms with Crippen LogP contribution < -0.4 is 16.4 Å². The van der Waals surface area contributed by atoms with Crippen LogP contribution >= 0.6 is 11.3 Å². The molecule has 0 saturated heterocycles. The van der Waals surface area contributed by atoms with Crippen molar-refractivity contribution in [1.82, 2.24) is 5.32 Å². The van der Waals surface area contributed by atoms with Crippen molar-refractivity contribution < 1.29 is 4.79 Å². The smallest absolute Gasteiger partial charge is 0.319 e. The second kappa shape index (κ2) is 6.96. The average Bonchev–Trinajstić information content (AvgIpc) is 2.95. The van der Waals surface area contributed by atoms with Gasteiger partial charge in [-0.05, 0) is 42.1 Å². The molecule has 0 bridgehead atoms. The minimum absolute atomic E-state index is 0.0637. The fraction of sp³-hybridized carbons (Fsp3) is 0.267. The zero-order valence-corrected chi connectivity index (χ0v) is 12.2. The van der Waals surface area contributed by atoms with Crippen molar-refractivity contribution in [2.45, 2.75) is 25.8 Å². The Balaban J connectivity index is 1.96. The molecule has 1 aromatic carbocycles. The van der Waals surface area contributed by atoms with Gasteiger partial charge in [0, 0.05) is 16.3 Å². The molecule has 4 nitrogen and oxygen atoms in total. The lowest BCUT2D eigenvalue weighted by atomic mass is 10.1. The van der Waals surface area contributed by atoms with E-state index in [1.807, 2.05) is 11.4 Å². The number of carbonyl (C=O) groups is 1. The Kier molecular flexibility index (Phi) is 5.01. The predicted molar refractivity (Wildman–Crippen MR) is 85.0 cm³/mol. The maximum atomic E-state index is 12.0. The Morgan fingerprint density at radius 2 is 2.05 bits per heavy atom. The van der Waals surface area contributed by atoms with Gasteiger partial charge in [0.15, 0.2) is 0 Å². The Labute approximate surface area is 123 Å². The Bertz CT molecular complexity index is 537. The maximum Gasteiger partial charge on any atom is 0.319 e. The van der Waals surface area contributed by atoms with Crippen molar-refractivity contribution >= 4 is 28.7 Å². The summed E-state index contributed by atoms with van der Waals surface area (Å²) in [6, 6.07) is 11.0. The lowest BCUT2D eigenvalue weighted by Gasteiger charge is -2.17. The van der Waals surface area contributed by atoms with E-state index in [0.717, 1.165) is 18.5 Å². The third-order valence-corrected chi connectivity index (χ3v) is 3.92. The average molecular weight is 289 g/mol. The molecule has 5 heteroatoms. The highest BCUT2D eigenvalue weighted by atomic mass is 32.1. The van der Waals surface area contributed by atoms with E-state index in [1.165, 1.54) is 4.88 Å². The first-order valence-electron chi connectivity index (χ1n) is 6.65. The molecule has 106 valence electrons. The van der Waals surface area contributed by atoms with Crippen LogP contribution in [0.4, 0.5) is 16.2 Å². The molecular weight excluding hydrogens is 270 g/mol. The SMILES string of the molecule is CCCC(NC(=O)Nc1ccc(N)cc1)c1cccs1. The minimum atomic E-state index is -0.193. The summed E-state index contributed by atoms with van der Waals surface area (Å²) >= 11 is 1.66. The summed E-state index contributed by atoms with van der Waals surface area (Å²) < 4.78 is 0. The number of carbonyl (C=O) groups excluding carboxylic acids is 1. The highest BCUT2D eigenvalue weighted by molar-refractivity contribution is 7.10. The fourth-order valence-electron chi connectivity index (χ4n) is 1.96. The van der Waals surface area contributed by atoms with Crippen molar-refractivity contribution in [2.24, 2.45) is 0 Å². The number of nitrogens with two attached hydrogens (primary N) is 1. The molecule has 0 spiro atoms. The quantitative estimate of drug-likeness (QED) is 0.728. The topological polar surface area (TPSA) is 67.2 Å². The van der Waals surface area contributed by atoms with E-state index in [9.17, 15) is 4.79 Å². The van der Waals surface area contributed by atoms with Crippen molar-refractivity contribution in [3.8, 4) is 0 Å². The molecular formula is C15H19N3OS. The zero-order chi connectivity index (χ0) is 14.4. The highest BCUT2D eigenvalue weighted by Crippen LogP contribution is 2.23. The van der Waals surface area contributed by atoms with Gasteiger partial charge in [-0.25, -0.2) is 4.79 Å². The standard InChI is InChI=1S/C15H19N3OS/c1-2-4-13(14-5-3-10-20-14)18-15(19)17-12-8-6-11(16)7-9-12/h3,5-10,13H,2,4,16H2,1H3,(H2,17,18,19). The summed E-state index contributed by atoms with van der Waals surface area (Å²) in [5.41, 5.74) is 7.03. The number of hydrogen-bond donors (Lipinski definition) is 3. The van der Waals surface area contributed by atoms with E-state index in [1.54, 1.807) is 35.6 Å². The van der Waals surface area contributed by atoms with Gasteiger partial charge in [0.1, 0.15) is 0 Å². The van der Waals surface area contributed by atoms with E-state index < -0.39 is 0 Å². The molecule has 1 unspecified atom stereocenters. The maximum absolute atomic E-state index is 12.0. The van der Waals surface area contributed by atoms with Gasteiger partial charge in [-0.1, -0.05) is 19.4 Å². The largest absolute Gasteiger partial charge is 0.399 e. The zero-order valence-electron chi connectivity index (χ0n) is 11.4. The van der Waals surface area contributed by atoms with Crippen LogP contribution in [-0.4, -0.2) is 6.03 Å². The van der Waals surface area contributed by atoms with Gasteiger partial charge in [-0.2, -0.15) is 0 Å². The molecule has 0 radical (unpaired) electrons. The molecule has 4 N–H and O–H groups in total. The number of nitrogen functional groups attached to an aromatic ring is 1. The molecule has 1 heterocycles. The first-order chi connectivity index (χ1) is 9.69. The van der Waals surface area contributed by atoms with Crippen molar-refractivity contribution in [2.75, 3.05) is 11.1 Å². The van der Waals surface area contributed by atoms with Gasteiger partial charge in [0.05, 0.1) is 6.04 Å². The number of hydrogen-bond acceptors (Lipinski definition) is 3. The number of urea groups is 1. The third kappa shape index (κ3) is 3.99. The second-order valence-electron chi connectivity index (χ2n) is 4.58. The summed E-state index contributed by atoms with van der Waals surface area (Å²) in [6.07, 6.45) is 1.94. The van der Waals surface area contributed by atoms with Crippen LogP contribution in [-0.2, 0) is 0 Å². The van der Waals surface area contributed by atoms with E-state index in [4.69, 9.17) is 5.73 Å². The van der Waals surface area contributed by atoms with Crippen LogP contribution in [0, 0.1) is 0 Å². The van der Waals surface area contributed by atoms with Gasteiger partial charge in [-0.3, -0.25) is 0 Å². The molecule has 1 atom stereocenters. The van der Waals surface area contributed by atoms with Gasteiger partial charge >= 0.3 is 6.03 Å². The van der Waals surface area contributed by atoms with Crippen LogP contribution in [0.15, 0.2) is 41.8 Å². The monoisotopic (exact) mass is 289 g/mol. The summed E-state index contributed by atoms with van der Waals surface area (Å²) in [4.78, 5) is 13.2. The first kappa shape index (κ1) is 14.4. The van der Waals surface area contributed by atoms with E-state index in [2.05, 4.69) is 23.6 Å². The Morgan fingerprint density at radius 3 is 2.65 bits per heavy atom. The van der Waals surface area contributed by atoms with E-state index >= 15 is 0 Å². The van der Waals surface area contributed by atoms with Crippen LogP contribution in [0.3, 0.4) is 0 Å². The van der Waals surface area contributed by atoms with Gasteiger partial charge < -0.3 is 16.4 Å². The fourth-order valence-corrected chi connectivity index (χ4v) is 2.77. The lowest BCUT2D eigenvalue weighted by molar-refractivity contribution is 0.248. The minimum Gasteiger partial charge on any atom is -0.399 e. The third-order valence-electron chi connectivity index (χ3n) is 2.94. The van der Waals surface area contributed by atoms with Crippen molar-refractivity contribution in [1.29, 1.82) is 0 Å². The molecule has 0 aliphatic heterocycles. The number of rotatable bonds is 5. The molecule has 1 aromatic heterocycles. The highest BCUT2D eigenvalue weighted by Gasteiger charge is 2.14. The van der Waals surface area contributed by atoms with E-state index in [0.29, 0.717) is 5.69 Å². The summed E-state index contributed by atoms with van der Waals surface area (Å²) in [5.74, 6) is 0. The van der Waals surface area contributed by atoms with Crippen LogP contribution in [0.1, 0.15) is 30.7 Å². The second-order valence-corrected chi connectivity index (χ2v) is 5.56. The Morgan fingerprint density at radius 1 is 1.30 bits per heavy atom. The molecule has 2 rings (SSSR count). The molecule has 0 aliphatic rings. The summed E-state index contributed by atoms with van der Waals surface area (Å²) in [7, 11) is 0. The molecule has 20 heavy (non-hydrogen) atoms. The molecule has 0 saturated carbocycles. The summed E-state index contributed by atoms with van der Waals surface area (Å²) in [5, 5.41) is 7.86. The predicted octanol–water partition coefficient (Wildman–Crippen LogP) is 3.99. The van der Waals surface area contributed by atoms with Crippen LogP contribution in [0.5, 0.6) is 0 Å². The van der Waals surface area contributed by atoms with Crippen LogP contribution in [0.25, 0.3) is 0 Å². The molecule has 0 aliphatic carbocycles. The van der Waals surface area contributed by atoms with Gasteiger partial charge in [0.2, 0.25) is 0 Å². The summed E-state index contributed by atoms with van der Waals surface area (Å²) in [6.45, 7) is 2.11. The number of anilines is 2. The number of benzene rings is 1. The molecule has 2 aromatic rings. The van der Waals surface area contributed by atoms with E-state index in [-0.39, 0.29) is 12.1 Å². The van der Waals surface area contributed by atoms with Gasteiger partial charge in [-0.15, -0.1) is 11.3 Å². The molecule has 2 amide bonds. The van der Waals surface area contributed by atoms with Crippen molar-refractivity contribution in [3.05, 3.63) is 46.7 Å². The number of thiophene rings is 1. The Hall–Kier alpha value is -2.01. The number of nitrogens with one attached hydrogen (secondary N) is 2.